The first kappa shape index (κ1) is 16.5. The third-order valence-electron chi connectivity index (χ3n) is 4.41. The molecule has 0 radical (unpaired) electrons. The van der Waals surface area contributed by atoms with Crippen molar-refractivity contribution in [1.29, 1.82) is 5.26 Å². The SMILES string of the molecule is Cc1c(C(=O)OCC(=O)NC2(C#N)CCCC2)sc2ccccc12. The average molecular weight is 342 g/mol. The number of nitriles is 1. The summed E-state index contributed by atoms with van der Waals surface area (Å²) >= 11 is 1.36. The molecule has 1 amide bonds. The van der Waals surface area contributed by atoms with Crippen molar-refractivity contribution in [3.05, 3.63) is 34.7 Å². The van der Waals surface area contributed by atoms with Crippen LogP contribution in [0.4, 0.5) is 0 Å². The number of benzene rings is 1. The zero-order valence-corrected chi connectivity index (χ0v) is 14.2. The second kappa shape index (κ2) is 6.62. The van der Waals surface area contributed by atoms with Crippen LogP contribution in [0.25, 0.3) is 10.1 Å². The Balaban J connectivity index is 1.63. The number of fused-ring (bicyclic) bond motifs is 1. The van der Waals surface area contributed by atoms with Crippen LogP contribution in [0.15, 0.2) is 24.3 Å². The molecule has 1 aromatic carbocycles. The summed E-state index contributed by atoms with van der Waals surface area (Å²) in [6.07, 6.45) is 3.15. The van der Waals surface area contributed by atoms with Gasteiger partial charge in [-0.2, -0.15) is 5.26 Å². The number of ether oxygens (including phenoxy) is 1. The van der Waals surface area contributed by atoms with E-state index in [1.807, 2.05) is 31.2 Å². The fourth-order valence-corrected chi connectivity index (χ4v) is 4.21. The lowest BCUT2D eigenvalue weighted by atomic mass is 10.00. The number of nitrogens with zero attached hydrogens (tertiary/aromatic N) is 1. The van der Waals surface area contributed by atoms with Gasteiger partial charge in [-0.25, -0.2) is 4.79 Å². The van der Waals surface area contributed by atoms with Crippen LogP contribution in [-0.4, -0.2) is 24.0 Å². The van der Waals surface area contributed by atoms with E-state index in [0.29, 0.717) is 17.7 Å². The number of carbonyl (C=O) groups excluding carboxylic acids is 2. The largest absolute Gasteiger partial charge is 0.451 e. The lowest BCUT2D eigenvalue weighted by molar-refractivity contribution is -0.125. The van der Waals surface area contributed by atoms with E-state index in [2.05, 4.69) is 11.4 Å². The van der Waals surface area contributed by atoms with Crippen molar-refractivity contribution in [2.75, 3.05) is 6.61 Å². The highest BCUT2D eigenvalue weighted by molar-refractivity contribution is 7.21. The van der Waals surface area contributed by atoms with Crippen molar-refractivity contribution in [3.63, 3.8) is 0 Å². The van der Waals surface area contributed by atoms with Crippen molar-refractivity contribution in [2.24, 2.45) is 0 Å². The van der Waals surface area contributed by atoms with Gasteiger partial charge >= 0.3 is 5.97 Å². The topological polar surface area (TPSA) is 79.2 Å². The zero-order chi connectivity index (χ0) is 17.2. The van der Waals surface area contributed by atoms with E-state index in [1.165, 1.54) is 11.3 Å². The molecule has 0 unspecified atom stereocenters. The van der Waals surface area contributed by atoms with Gasteiger partial charge in [-0.3, -0.25) is 4.79 Å². The van der Waals surface area contributed by atoms with Crippen molar-refractivity contribution < 1.29 is 14.3 Å². The minimum absolute atomic E-state index is 0.365. The summed E-state index contributed by atoms with van der Waals surface area (Å²) < 4.78 is 6.16. The van der Waals surface area contributed by atoms with Gasteiger partial charge in [0.05, 0.1) is 6.07 Å². The van der Waals surface area contributed by atoms with Crippen LogP contribution in [0.1, 0.15) is 40.9 Å². The number of esters is 1. The van der Waals surface area contributed by atoms with Crippen molar-refractivity contribution in [1.82, 2.24) is 5.32 Å². The molecule has 0 aliphatic heterocycles. The van der Waals surface area contributed by atoms with Crippen molar-refractivity contribution in [2.45, 2.75) is 38.1 Å². The molecule has 1 fully saturated rings. The highest BCUT2D eigenvalue weighted by Gasteiger charge is 2.35. The summed E-state index contributed by atoms with van der Waals surface area (Å²) in [5.74, 6) is -0.924. The first-order chi connectivity index (χ1) is 11.5. The number of carbonyl (C=O) groups is 2. The first-order valence-corrected chi connectivity index (χ1v) is 8.74. The Hall–Kier alpha value is -2.39. The second-order valence-electron chi connectivity index (χ2n) is 6.08. The molecule has 1 aliphatic carbocycles. The van der Waals surface area contributed by atoms with Crippen LogP contribution in [0.5, 0.6) is 0 Å². The number of amides is 1. The van der Waals surface area contributed by atoms with Crippen LogP contribution in [0.3, 0.4) is 0 Å². The molecule has 124 valence electrons. The number of thiophene rings is 1. The Morgan fingerprint density at radius 1 is 1.33 bits per heavy atom. The maximum atomic E-state index is 12.3. The summed E-state index contributed by atoms with van der Waals surface area (Å²) in [5, 5.41) is 13.0. The summed E-state index contributed by atoms with van der Waals surface area (Å²) in [7, 11) is 0. The Labute approximate surface area is 144 Å². The summed E-state index contributed by atoms with van der Waals surface area (Å²) in [6, 6.07) is 9.94. The third kappa shape index (κ3) is 3.13. The number of rotatable bonds is 4. The quantitative estimate of drug-likeness (QED) is 0.865. The smallest absolute Gasteiger partial charge is 0.349 e. The Bertz CT molecular complexity index is 828. The van der Waals surface area contributed by atoms with Crippen LogP contribution >= 0.6 is 11.3 Å². The van der Waals surface area contributed by atoms with E-state index >= 15 is 0 Å². The summed E-state index contributed by atoms with van der Waals surface area (Å²) in [4.78, 5) is 24.8. The highest BCUT2D eigenvalue weighted by atomic mass is 32.1. The molecule has 2 aromatic rings. The maximum Gasteiger partial charge on any atom is 0.349 e. The molecule has 5 nitrogen and oxygen atoms in total. The number of aryl methyl sites for hydroxylation is 1. The molecule has 1 aromatic heterocycles. The lowest BCUT2D eigenvalue weighted by Gasteiger charge is -2.21. The molecule has 0 atom stereocenters. The van der Waals surface area contributed by atoms with Gasteiger partial charge in [0, 0.05) is 4.70 Å². The molecule has 1 N–H and O–H groups in total. The molecule has 1 saturated carbocycles. The van der Waals surface area contributed by atoms with Gasteiger partial charge in [0.2, 0.25) is 0 Å². The first-order valence-electron chi connectivity index (χ1n) is 7.92. The van der Waals surface area contributed by atoms with E-state index in [4.69, 9.17) is 4.74 Å². The number of hydrogen-bond acceptors (Lipinski definition) is 5. The van der Waals surface area contributed by atoms with Gasteiger partial charge in [0.1, 0.15) is 10.4 Å². The van der Waals surface area contributed by atoms with Crippen molar-refractivity contribution >= 4 is 33.3 Å². The predicted octanol–water partition coefficient (Wildman–Crippen LogP) is 3.32. The highest BCUT2D eigenvalue weighted by Crippen LogP contribution is 2.31. The lowest BCUT2D eigenvalue weighted by Crippen LogP contribution is -2.46. The number of hydrogen-bond donors (Lipinski definition) is 1. The Morgan fingerprint density at radius 3 is 2.71 bits per heavy atom. The molecule has 3 rings (SSSR count). The van der Waals surface area contributed by atoms with Crippen molar-refractivity contribution in [3.8, 4) is 6.07 Å². The monoisotopic (exact) mass is 342 g/mol. The maximum absolute atomic E-state index is 12.3. The fraction of sp³-hybridized carbons (Fsp3) is 0.389. The molecular formula is C18H18N2O3S. The van der Waals surface area contributed by atoms with E-state index in [9.17, 15) is 14.9 Å². The Morgan fingerprint density at radius 2 is 2.04 bits per heavy atom. The van der Waals surface area contributed by atoms with Gasteiger partial charge in [-0.05, 0) is 49.6 Å². The molecule has 0 spiro atoms. The molecule has 6 heteroatoms. The molecule has 1 heterocycles. The van der Waals surface area contributed by atoms with Crippen LogP contribution < -0.4 is 5.32 Å². The van der Waals surface area contributed by atoms with E-state index in [0.717, 1.165) is 28.5 Å². The average Bonchev–Trinajstić information content (AvgIpc) is 3.19. The van der Waals surface area contributed by atoms with Crippen LogP contribution in [0.2, 0.25) is 0 Å². The van der Waals surface area contributed by atoms with Gasteiger partial charge in [0.25, 0.3) is 5.91 Å². The molecule has 24 heavy (non-hydrogen) atoms. The van der Waals surface area contributed by atoms with Crippen LogP contribution in [0, 0.1) is 18.3 Å². The zero-order valence-electron chi connectivity index (χ0n) is 13.4. The molecule has 1 aliphatic rings. The molecular weight excluding hydrogens is 324 g/mol. The van der Waals surface area contributed by atoms with E-state index in [1.54, 1.807) is 0 Å². The fourth-order valence-electron chi connectivity index (χ4n) is 3.11. The van der Waals surface area contributed by atoms with E-state index in [-0.39, 0.29) is 6.61 Å². The van der Waals surface area contributed by atoms with Gasteiger partial charge in [0.15, 0.2) is 6.61 Å². The second-order valence-corrected chi connectivity index (χ2v) is 7.13. The van der Waals surface area contributed by atoms with Crippen LogP contribution in [-0.2, 0) is 9.53 Å². The third-order valence-corrected chi connectivity index (χ3v) is 5.67. The Kier molecular flexibility index (Phi) is 4.54. The van der Waals surface area contributed by atoms with Gasteiger partial charge < -0.3 is 10.1 Å². The number of nitrogens with one attached hydrogen (secondary N) is 1. The van der Waals surface area contributed by atoms with Gasteiger partial charge in [-0.1, -0.05) is 18.2 Å². The summed E-state index contributed by atoms with van der Waals surface area (Å²) in [5.41, 5.74) is 0.0714. The standard InChI is InChI=1S/C18H18N2O3S/c1-12-13-6-2-3-7-14(13)24-16(12)17(22)23-10-15(21)20-18(11-19)8-4-5-9-18/h2-3,6-7H,4-5,8-10H2,1H3,(H,20,21). The van der Waals surface area contributed by atoms with E-state index < -0.39 is 17.4 Å². The molecule has 0 saturated heterocycles. The summed E-state index contributed by atoms with van der Waals surface area (Å²) in [6.45, 7) is 1.51. The predicted molar refractivity (Wildman–Crippen MR) is 91.8 cm³/mol. The minimum Gasteiger partial charge on any atom is -0.451 e. The normalized spacial score (nSPS) is 15.8. The van der Waals surface area contributed by atoms with Gasteiger partial charge in [-0.15, -0.1) is 11.3 Å². The minimum atomic E-state index is -0.795. The molecule has 0 bridgehead atoms.